The Kier molecular flexibility index (Phi) is 8.26. The summed E-state index contributed by atoms with van der Waals surface area (Å²) in [5.41, 5.74) is 2.26. The number of benzene rings is 1. The van der Waals surface area contributed by atoms with E-state index in [1.54, 1.807) is 0 Å². The lowest BCUT2D eigenvalue weighted by molar-refractivity contribution is 0.181. The van der Waals surface area contributed by atoms with Crippen molar-refractivity contribution in [2.45, 2.75) is 66.2 Å². The Morgan fingerprint density at radius 2 is 1.86 bits per heavy atom. The molecule has 0 aliphatic carbocycles. The van der Waals surface area contributed by atoms with Crippen LogP contribution in [0.2, 0.25) is 0 Å². The molecule has 0 radical (unpaired) electrons. The molecule has 6 heteroatoms. The third-order valence-electron chi connectivity index (χ3n) is 4.71. The van der Waals surface area contributed by atoms with Crippen molar-refractivity contribution in [1.29, 1.82) is 0 Å². The van der Waals surface area contributed by atoms with Crippen LogP contribution < -0.4 is 10.6 Å². The van der Waals surface area contributed by atoms with Gasteiger partial charge >= 0.3 is 0 Å². The number of hydrogen-bond acceptors (Lipinski definition) is 3. The largest absolute Gasteiger partial charge is 0.387 e. The fraction of sp³-hybridized carbons (Fsp3) is 0.565. The van der Waals surface area contributed by atoms with E-state index in [9.17, 15) is 5.11 Å². The van der Waals surface area contributed by atoms with Crippen LogP contribution in [0.15, 0.2) is 41.7 Å². The minimum Gasteiger partial charge on any atom is -0.387 e. The number of nitrogens with zero attached hydrogens (tertiary/aromatic N) is 3. The molecule has 0 aliphatic heterocycles. The maximum Gasteiger partial charge on any atom is 0.191 e. The summed E-state index contributed by atoms with van der Waals surface area (Å²) in [7, 11) is 0. The molecule has 1 unspecified atom stereocenters. The number of guanidine groups is 1. The van der Waals surface area contributed by atoms with E-state index in [-0.39, 0.29) is 5.41 Å². The minimum atomic E-state index is -0.601. The van der Waals surface area contributed by atoms with E-state index < -0.39 is 6.10 Å². The molecule has 2 aromatic rings. The Labute approximate surface area is 175 Å². The number of imidazole rings is 1. The van der Waals surface area contributed by atoms with Gasteiger partial charge in [-0.25, -0.2) is 9.98 Å². The summed E-state index contributed by atoms with van der Waals surface area (Å²) < 4.78 is 2.14. The van der Waals surface area contributed by atoms with Crippen molar-refractivity contribution in [2.75, 3.05) is 13.1 Å². The molecule has 0 bridgehead atoms. The van der Waals surface area contributed by atoms with Gasteiger partial charge in [0.25, 0.3) is 0 Å². The number of aromatic nitrogens is 2. The molecular weight excluding hydrogens is 362 g/mol. The van der Waals surface area contributed by atoms with E-state index in [0.29, 0.717) is 25.0 Å². The topological polar surface area (TPSA) is 74.5 Å². The van der Waals surface area contributed by atoms with Crippen LogP contribution in [0.3, 0.4) is 0 Å². The Bertz CT molecular complexity index is 771. The van der Waals surface area contributed by atoms with Crippen molar-refractivity contribution < 1.29 is 5.11 Å². The van der Waals surface area contributed by atoms with Crippen molar-refractivity contribution in [3.63, 3.8) is 0 Å². The first kappa shape index (κ1) is 22.9. The molecule has 1 atom stereocenters. The first-order chi connectivity index (χ1) is 13.7. The average molecular weight is 400 g/mol. The molecule has 0 amide bonds. The molecule has 0 saturated heterocycles. The molecule has 1 aromatic carbocycles. The van der Waals surface area contributed by atoms with Gasteiger partial charge in [0.05, 0.1) is 6.10 Å². The van der Waals surface area contributed by atoms with Crippen LogP contribution in [-0.4, -0.2) is 33.7 Å². The van der Waals surface area contributed by atoms with Crippen LogP contribution in [0.5, 0.6) is 0 Å². The van der Waals surface area contributed by atoms with E-state index in [4.69, 9.17) is 0 Å². The highest BCUT2D eigenvalue weighted by Gasteiger charge is 2.15. The SMILES string of the molecule is CCNC(=NCc1nccn1CC(C)C)NCC(O)c1ccc(C(C)(C)C)cc1. The number of aliphatic hydroxyl groups is 1. The molecule has 29 heavy (non-hydrogen) atoms. The zero-order chi connectivity index (χ0) is 21.4. The third kappa shape index (κ3) is 7.20. The van der Waals surface area contributed by atoms with Gasteiger partial charge in [0.2, 0.25) is 0 Å². The molecule has 0 aliphatic rings. The molecule has 160 valence electrons. The van der Waals surface area contributed by atoms with E-state index in [1.807, 2.05) is 31.5 Å². The first-order valence-corrected chi connectivity index (χ1v) is 10.5. The van der Waals surface area contributed by atoms with Crippen molar-refractivity contribution in [3.05, 3.63) is 53.6 Å². The van der Waals surface area contributed by atoms with Gasteiger partial charge in [0.15, 0.2) is 5.96 Å². The lowest BCUT2D eigenvalue weighted by atomic mass is 9.86. The van der Waals surface area contributed by atoms with Crippen LogP contribution in [0.1, 0.15) is 64.6 Å². The summed E-state index contributed by atoms with van der Waals surface area (Å²) in [6.07, 6.45) is 3.21. The fourth-order valence-corrected chi connectivity index (χ4v) is 3.06. The van der Waals surface area contributed by atoms with Crippen LogP contribution in [0.25, 0.3) is 0 Å². The van der Waals surface area contributed by atoms with E-state index in [2.05, 4.69) is 71.9 Å². The monoisotopic (exact) mass is 399 g/mol. The molecule has 3 N–H and O–H groups in total. The molecule has 0 fully saturated rings. The molecule has 0 spiro atoms. The van der Waals surface area contributed by atoms with Gasteiger partial charge in [-0.3, -0.25) is 0 Å². The standard InChI is InChI=1S/C23H37N5O/c1-7-24-22(27-15-21-25-12-13-28(21)16-17(2)3)26-14-20(29)18-8-10-19(11-9-18)23(4,5)6/h8-13,17,20,29H,7,14-16H2,1-6H3,(H2,24,26,27). The van der Waals surface area contributed by atoms with E-state index in [0.717, 1.165) is 24.5 Å². The van der Waals surface area contributed by atoms with Gasteiger partial charge in [0.1, 0.15) is 12.4 Å². The summed E-state index contributed by atoms with van der Waals surface area (Å²) in [6.45, 7) is 15.5. The summed E-state index contributed by atoms with van der Waals surface area (Å²) >= 11 is 0. The summed E-state index contributed by atoms with van der Waals surface area (Å²) in [5.74, 6) is 2.17. The van der Waals surface area contributed by atoms with Gasteiger partial charge in [-0.15, -0.1) is 0 Å². The van der Waals surface area contributed by atoms with Gasteiger partial charge in [0, 0.05) is 32.0 Å². The Hall–Kier alpha value is -2.34. The number of rotatable bonds is 8. The quantitative estimate of drug-likeness (QED) is 0.468. The molecule has 1 heterocycles. The van der Waals surface area contributed by atoms with Crippen molar-refractivity contribution in [2.24, 2.45) is 10.9 Å². The smallest absolute Gasteiger partial charge is 0.191 e. The normalized spacial score (nSPS) is 13.6. The van der Waals surface area contributed by atoms with Gasteiger partial charge in [-0.1, -0.05) is 58.9 Å². The van der Waals surface area contributed by atoms with Crippen molar-refractivity contribution in [3.8, 4) is 0 Å². The maximum atomic E-state index is 10.6. The van der Waals surface area contributed by atoms with E-state index >= 15 is 0 Å². The Morgan fingerprint density at radius 1 is 1.17 bits per heavy atom. The van der Waals surface area contributed by atoms with Gasteiger partial charge in [-0.2, -0.15) is 0 Å². The second-order valence-electron chi connectivity index (χ2n) is 8.85. The third-order valence-corrected chi connectivity index (χ3v) is 4.71. The molecule has 1 aromatic heterocycles. The fourth-order valence-electron chi connectivity index (χ4n) is 3.06. The lowest BCUT2D eigenvalue weighted by Gasteiger charge is -2.20. The zero-order valence-electron chi connectivity index (χ0n) is 18.7. The second kappa shape index (κ2) is 10.4. The van der Waals surface area contributed by atoms with Gasteiger partial charge in [-0.05, 0) is 29.4 Å². The number of aliphatic hydroxyl groups excluding tert-OH is 1. The Balaban J connectivity index is 1.98. The zero-order valence-corrected chi connectivity index (χ0v) is 18.7. The van der Waals surface area contributed by atoms with Crippen molar-refractivity contribution in [1.82, 2.24) is 20.2 Å². The second-order valence-corrected chi connectivity index (χ2v) is 8.85. The molecule has 6 nitrogen and oxygen atoms in total. The molecular formula is C23H37N5O. The number of aliphatic imine (C=N–C) groups is 1. The van der Waals surface area contributed by atoms with Crippen LogP contribution in [0.4, 0.5) is 0 Å². The van der Waals surface area contributed by atoms with Crippen LogP contribution >= 0.6 is 0 Å². The minimum absolute atomic E-state index is 0.105. The summed E-state index contributed by atoms with van der Waals surface area (Å²) in [5, 5.41) is 17.0. The number of hydrogen-bond donors (Lipinski definition) is 3. The van der Waals surface area contributed by atoms with Crippen LogP contribution in [0, 0.1) is 5.92 Å². The highest BCUT2D eigenvalue weighted by molar-refractivity contribution is 5.79. The summed E-state index contributed by atoms with van der Waals surface area (Å²) in [6, 6.07) is 8.18. The Morgan fingerprint density at radius 3 is 2.45 bits per heavy atom. The highest BCUT2D eigenvalue weighted by atomic mass is 16.3. The first-order valence-electron chi connectivity index (χ1n) is 10.5. The highest BCUT2D eigenvalue weighted by Crippen LogP contribution is 2.23. The predicted molar refractivity (Wildman–Crippen MR) is 120 cm³/mol. The lowest BCUT2D eigenvalue weighted by Crippen LogP contribution is -2.39. The number of nitrogens with one attached hydrogen (secondary N) is 2. The summed E-state index contributed by atoms with van der Waals surface area (Å²) in [4.78, 5) is 9.06. The average Bonchev–Trinajstić information content (AvgIpc) is 3.09. The molecule has 0 saturated carbocycles. The van der Waals surface area contributed by atoms with Crippen LogP contribution in [-0.2, 0) is 18.5 Å². The molecule has 2 rings (SSSR count). The van der Waals surface area contributed by atoms with Gasteiger partial charge < -0.3 is 20.3 Å². The van der Waals surface area contributed by atoms with E-state index in [1.165, 1.54) is 5.56 Å². The van der Waals surface area contributed by atoms with Crippen molar-refractivity contribution >= 4 is 5.96 Å². The maximum absolute atomic E-state index is 10.6. The predicted octanol–water partition coefficient (Wildman–Crippen LogP) is 3.63.